The maximum Gasteiger partial charge on any atom is 0.124 e. The summed E-state index contributed by atoms with van der Waals surface area (Å²) in [5, 5.41) is 3.42. The van der Waals surface area contributed by atoms with Gasteiger partial charge in [0.05, 0.1) is 10.7 Å². The second kappa shape index (κ2) is 6.26. The molecule has 21 heavy (non-hydrogen) atoms. The van der Waals surface area contributed by atoms with Crippen molar-refractivity contribution in [2.45, 2.75) is 6.42 Å². The van der Waals surface area contributed by atoms with Gasteiger partial charge in [-0.1, -0.05) is 45.7 Å². The van der Waals surface area contributed by atoms with Crippen molar-refractivity contribution in [2.75, 3.05) is 0 Å². The van der Waals surface area contributed by atoms with Gasteiger partial charge < -0.3 is 0 Å². The fraction of sp³-hybridized carbons (Fsp3) is 0.0625. The predicted molar refractivity (Wildman–Crippen MR) is 89.5 cm³/mol. The summed E-state index contributed by atoms with van der Waals surface area (Å²) >= 11 is 11.1. The first kappa shape index (κ1) is 14.7. The van der Waals surface area contributed by atoms with Crippen molar-refractivity contribution in [3.63, 3.8) is 0 Å². The zero-order chi connectivity index (χ0) is 14.8. The Hall–Kier alpha value is -1.23. The molecule has 106 valence electrons. The quantitative estimate of drug-likeness (QED) is 0.545. The van der Waals surface area contributed by atoms with Gasteiger partial charge in [-0.3, -0.25) is 0 Å². The molecule has 0 saturated heterocycles. The number of rotatable bonds is 3. The molecule has 0 atom stereocenters. The lowest BCUT2D eigenvalue weighted by Gasteiger charge is -2.01. The highest BCUT2D eigenvalue weighted by molar-refractivity contribution is 9.10. The zero-order valence-corrected chi connectivity index (χ0v) is 14.0. The van der Waals surface area contributed by atoms with Crippen LogP contribution in [0.15, 0.2) is 52.3 Å². The molecular weight excluding hydrogens is 373 g/mol. The van der Waals surface area contributed by atoms with E-state index in [0.29, 0.717) is 11.4 Å². The third-order valence-corrected chi connectivity index (χ3v) is 4.78. The maximum atomic E-state index is 13.0. The Labute approximate surface area is 139 Å². The second-order valence-electron chi connectivity index (χ2n) is 4.55. The van der Waals surface area contributed by atoms with Crippen molar-refractivity contribution >= 4 is 38.9 Å². The number of thiazole rings is 1. The SMILES string of the molecule is Fc1ccc(Cc2nc(-c3ccc(Br)cc3)cs2)c(Cl)c1. The fourth-order valence-electron chi connectivity index (χ4n) is 1.97. The first-order valence-corrected chi connectivity index (χ1v) is 8.31. The highest BCUT2D eigenvalue weighted by atomic mass is 79.9. The van der Waals surface area contributed by atoms with Crippen LogP contribution in [0.1, 0.15) is 10.6 Å². The normalized spacial score (nSPS) is 10.8. The van der Waals surface area contributed by atoms with Crippen molar-refractivity contribution in [1.82, 2.24) is 4.98 Å². The standard InChI is InChI=1S/C16H10BrClFNS/c17-12-4-1-10(2-5-12)15-9-21-16(20-15)7-11-3-6-13(19)8-14(11)18/h1-6,8-9H,7H2. The molecule has 3 aromatic rings. The van der Waals surface area contributed by atoms with Gasteiger partial charge in [-0.2, -0.15) is 0 Å². The largest absolute Gasteiger partial charge is 0.241 e. The van der Waals surface area contributed by atoms with Crippen LogP contribution in [0.5, 0.6) is 0 Å². The van der Waals surface area contributed by atoms with Crippen LogP contribution in [0.2, 0.25) is 5.02 Å². The molecule has 3 rings (SSSR count). The Kier molecular flexibility index (Phi) is 4.38. The van der Waals surface area contributed by atoms with E-state index in [-0.39, 0.29) is 5.82 Å². The Morgan fingerprint density at radius 1 is 1.14 bits per heavy atom. The summed E-state index contributed by atoms with van der Waals surface area (Å²) in [6.07, 6.45) is 0.611. The number of benzene rings is 2. The smallest absolute Gasteiger partial charge is 0.124 e. The Balaban J connectivity index is 1.83. The van der Waals surface area contributed by atoms with Crippen LogP contribution in [-0.4, -0.2) is 4.98 Å². The molecule has 0 saturated carbocycles. The van der Waals surface area contributed by atoms with Gasteiger partial charge in [0.25, 0.3) is 0 Å². The van der Waals surface area contributed by atoms with Crippen LogP contribution < -0.4 is 0 Å². The second-order valence-corrected chi connectivity index (χ2v) is 6.81. The molecule has 0 aliphatic heterocycles. The minimum atomic E-state index is -0.321. The predicted octanol–water partition coefficient (Wildman–Crippen LogP) is 5.96. The Morgan fingerprint density at radius 2 is 1.90 bits per heavy atom. The minimum Gasteiger partial charge on any atom is -0.241 e. The lowest BCUT2D eigenvalue weighted by Crippen LogP contribution is -1.90. The minimum absolute atomic E-state index is 0.321. The van der Waals surface area contributed by atoms with Gasteiger partial charge in [0, 0.05) is 26.9 Å². The average Bonchev–Trinajstić information content (AvgIpc) is 2.91. The van der Waals surface area contributed by atoms with Crippen LogP contribution in [0.3, 0.4) is 0 Å². The summed E-state index contributed by atoms with van der Waals surface area (Å²) in [6, 6.07) is 12.5. The average molecular weight is 383 g/mol. The fourth-order valence-corrected chi connectivity index (χ4v) is 3.30. The number of halogens is 3. The summed E-state index contributed by atoms with van der Waals surface area (Å²) in [4.78, 5) is 4.62. The van der Waals surface area contributed by atoms with Crippen LogP contribution in [0, 0.1) is 5.82 Å². The van der Waals surface area contributed by atoms with Crippen molar-refractivity contribution in [1.29, 1.82) is 0 Å². The van der Waals surface area contributed by atoms with Crippen molar-refractivity contribution in [2.24, 2.45) is 0 Å². The van der Waals surface area contributed by atoms with Gasteiger partial charge in [0.15, 0.2) is 0 Å². The number of aromatic nitrogens is 1. The monoisotopic (exact) mass is 381 g/mol. The molecular formula is C16H10BrClFNS. The molecule has 5 heteroatoms. The van der Waals surface area contributed by atoms with Crippen LogP contribution in [-0.2, 0) is 6.42 Å². The molecule has 0 radical (unpaired) electrons. The number of nitrogens with zero attached hydrogens (tertiary/aromatic N) is 1. The summed E-state index contributed by atoms with van der Waals surface area (Å²) in [5.41, 5.74) is 2.90. The molecule has 0 aliphatic carbocycles. The van der Waals surface area contributed by atoms with E-state index < -0.39 is 0 Å². The van der Waals surface area contributed by atoms with E-state index in [4.69, 9.17) is 11.6 Å². The topological polar surface area (TPSA) is 12.9 Å². The molecule has 0 N–H and O–H groups in total. The lowest BCUT2D eigenvalue weighted by molar-refractivity contribution is 0.627. The van der Waals surface area contributed by atoms with Crippen molar-refractivity contribution in [3.8, 4) is 11.3 Å². The molecule has 1 aromatic heterocycles. The summed E-state index contributed by atoms with van der Waals surface area (Å²) in [5.74, 6) is -0.321. The van der Waals surface area contributed by atoms with Gasteiger partial charge in [-0.15, -0.1) is 11.3 Å². The highest BCUT2D eigenvalue weighted by Crippen LogP contribution is 2.26. The number of hydrogen-bond donors (Lipinski definition) is 0. The van der Waals surface area contributed by atoms with Gasteiger partial charge in [-0.05, 0) is 29.8 Å². The van der Waals surface area contributed by atoms with E-state index in [0.717, 1.165) is 26.3 Å². The molecule has 0 aliphatic rings. The Morgan fingerprint density at radius 3 is 2.62 bits per heavy atom. The van der Waals surface area contributed by atoms with E-state index in [1.165, 1.54) is 12.1 Å². The lowest BCUT2D eigenvalue weighted by atomic mass is 10.1. The highest BCUT2D eigenvalue weighted by Gasteiger charge is 2.08. The summed E-state index contributed by atoms with van der Waals surface area (Å²) in [6.45, 7) is 0. The van der Waals surface area contributed by atoms with E-state index in [9.17, 15) is 4.39 Å². The van der Waals surface area contributed by atoms with Gasteiger partial charge >= 0.3 is 0 Å². The molecule has 0 amide bonds. The van der Waals surface area contributed by atoms with E-state index in [1.807, 2.05) is 29.6 Å². The van der Waals surface area contributed by atoms with E-state index in [2.05, 4.69) is 20.9 Å². The summed E-state index contributed by atoms with van der Waals surface area (Å²) < 4.78 is 14.1. The van der Waals surface area contributed by atoms with Crippen LogP contribution >= 0.6 is 38.9 Å². The van der Waals surface area contributed by atoms with Gasteiger partial charge in [0.2, 0.25) is 0 Å². The number of hydrogen-bond acceptors (Lipinski definition) is 2. The maximum absolute atomic E-state index is 13.0. The van der Waals surface area contributed by atoms with Crippen molar-refractivity contribution < 1.29 is 4.39 Å². The first-order valence-electron chi connectivity index (χ1n) is 6.26. The first-order chi connectivity index (χ1) is 10.1. The molecule has 0 bridgehead atoms. The van der Waals surface area contributed by atoms with Gasteiger partial charge in [0.1, 0.15) is 5.82 Å². The van der Waals surface area contributed by atoms with Gasteiger partial charge in [-0.25, -0.2) is 9.37 Å². The van der Waals surface area contributed by atoms with Crippen LogP contribution in [0.25, 0.3) is 11.3 Å². The van der Waals surface area contributed by atoms with Crippen molar-refractivity contribution in [3.05, 3.63) is 73.7 Å². The third kappa shape index (κ3) is 3.51. The molecule has 0 spiro atoms. The van der Waals surface area contributed by atoms with Crippen LogP contribution in [0.4, 0.5) is 4.39 Å². The van der Waals surface area contributed by atoms with E-state index >= 15 is 0 Å². The third-order valence-electron chi connectivity index (χ3n) is 3.05. The molecule has 1 heterocycles. The van der Waals surface area contributed by atoms with E-state index in [1.54, 1.807) is 17.4 Å². The Bertz CT molecular complexity index is 770. The molecule has 1 nitrogen and oxygen atoms in total. The molecule has 2 aromatic carbocycles. The molecule has 0 unspecified atom stereocenters. The zero-order valence-electron chi connectivity index (χ0n) is 10.8. The summed E-state index contributed by atoms with van der Waals surface area (Å²) in [7, 11) is 0. The molecule has 0 fully saturated rings.